The Bertz CT molecular complexity index is 998. The number of nitrogens with zero attached hydrogens (tertiary/aromatic N) is 4. The van der Waals surface area contributed by atoms with E-state index in [4.69, 9.17) is 4.98 Å². The van der Waals surface area contributed by atoms with Gasteiger partial charge in [-0.05, 0) is 43.8 Å². The van der Waals surface area contributed by atoms with Crippen molar-refractivity contribution in [2.24, 2.45) is 11.8 Å². The van der Waals surface area contributed by atoms with Crippen LogP contribution in [0.5, 0.6) is 0 Å². The summed E-state index contributed by atoms with van der Waals surface area (Å²) >= 11 is 1.71. The van der Waals surface area contributed by atoms with Gasteiger partial charge in [-0.1, -0.05) is 29.5 Å². The molecule has 126 valence electrons. The van der Waals surface area contributed by atoms with Gasteiger partial charge in [-0.2, -0.15) is 5.10 Å². The maximum Gasteiger partial charge on any atom is 0.195 e. The predicted octanol–water partition coefficient (Wildman–Crippen LogP) is 3.45. The highest BCUT2D eigenvalue weighted by molar-refractivity contribution is 7.19. The molecule has 0 bridgehead atoms. The van der Waals surface area contributed by atoms with E-state index in [0.29, 0.717) is 5.92 Å². The predicted molar refractivity (Wildman–Crippen MR) is 99.5 cm³/mol. The van der Waals surface area contributed by atoms with Crippen molar-refractivity contribution in [3.05, 3.63) is 48.5 Å². The summed E-state index contributed by atoms with van der Waals surface area (Å²) in [6.45, 7) is 2.39. The molecule has 4 aromatic rings. The Morgan fingerprint density at radius 3 is 2.68 bits per heavy atom. The Morgan fingerprint density at radius 2 is 1.88 bits per heavy atom. The number of hydrogen-bond donors (Lipinski definition) is 1. The van der Waals surface area contributed by atoms with Gasteiger partial charge >= 0.3 is 0 Å². The zero-order valence-electron chi connectivity index (χ0n) is 13.8. The molecule has 5 nitrogen and oxygen atoms in total. The molecule has 2 atom stereocenters. The Morgan fingerprint density at radius 1 is 1.04 bits per heavy atom. The lowest BCUT2D eigenvalue weighted by atomic mass is 10.0. The number of benzene rings is 1. The van der Waals surface area contributed by atoms with Crippen LogP contribution in [0.4, 0.5) is 0 Å². The summed E-state index contributed by atoms with van der Waals surface area (Å²) < 4.78 is 4.14. The van der Waals surface area contributed by atoms with E-state index in [-0.39, 0.29) is 0 Å². The van der Waals surface area contributed by atoms with Gasteiger partial charge in [0.05, 0.1) is 11.2 Å². The number of rotatable bonds is 2. The van der Waals surface area contributed by atoms with Gasteiger partial charge in [0.15, 0.2) is 4.96 Å². The fraction of sp³-hybridized carbons (Fsp3) is 0.368. The third-order valence-electron chi connectivity index (χ3n) is 5.87. The molecule has 3 aromatic heterocycles. The molecule has 0 radical (unpaired) electrons. The molecule has 25 heavy (non-hydrogen) atoms. The van der Waals surface area contributed by atoms with Crippen LogP contribution < -0.4 is 5.32 Å². The molecule has 1 N–H and O–H groups in total. The molecular formula is C19H19N5S. The monoisotopic (exact) mass is 349 g/mol. The summed E-state index contributed by atoms with van der Waals surface area (Å²) in [6.07, 6.45) is 9.06. The lowest BCUT2D eigenvalue weighted by molar-refractivity contribution is 0.494. The molecular weight excluding hydrogens is 330 g/mol. The van der Waals surface area contributed by atoms with Gasteiger partial charge in [-0.3, -0.25) is 4.40 Å². The van der Waals surface area contributed by atoms with E-state index in [0.717, 1.165) is 27.3 Å². The van der Waals surface area contributed by atoms with E-state index < -0.39 is 0 Å². The number of thiazole rings is 1. The lowest BCUT2D eigenvalue weighted by Gasteiger charge is -2.07. The highest BCUT2D eigenvalue weighted by Crippen LogP contribution is 2.44. The van der Waals surface area contributed by atoms with Crippen molar-refractivity contribution in [3.63, 3.8) is 0 Å². The highest BCUT2D eigenvalue weighted by atomic mass is 32.1. The van der Waals surface area contributed by atoms with Crippen LogP contribution in [0.3, 0.4) is 0 Å². The van der Waals surface area contributed by atoms with Crippen molar-refractivity contribution in [2.45, 2.75) is 18.8 Å². The first-order valence-electron chi connectivity index (χ1n) is 8.97. The first-order chi connectivity index (χ1) is 12.3. The summed E-state index contributed by atoms with van der Waals surface area (Å²) in [5.74, 6) is 2.36. The Hall–Kier alpha value is -2.18. The van der Waals surface area contributed by atoms with Crippen LogP contribution in [0.25, 0.3) is 20.9 Å². The molecule has 6 rings (SSSR count). The van der Waals surface area contributed by atoms with Crippen molar-refractivity contribution in [3.8, 4) is 5.00 Å². The second-order valence-electron chi connectivity index (χ2n) is 7.40. The third-order valence-corrected chi connectivity index (χ3v) is 6.86. The van der Waals surface area contributed by atoms with E-state index in [1.54, 1.807) is 11.3 Å². The van der Waals surface area contributed by atoms with E-state index in [1.165, 1.54) is 37.0 Å². The molecule has 2 aliphatic rings. The molecule has 1 aliphatic heterocycles. The number of imidazole rings is 1. The minimum Gasteiger partial charge on any atom is -0.316 e. The summed E-state index contributed by atoms with van der Waals surface area (Å²) in [4.78, 5) is 6.01. The third kappa shape index (κ3) is 2.17. The SMILES string of the molecule is c1ccc2nn(-c3cn4cc(C5CC6CNCC6C5)nc4s3)cc2c1. The van der Waals surface area contributed by atoms with Gasteiger partial charge in [0, 0.05) is 29.9 Å². The first-order valence-corrected chi connectivity index (χ1v) is 9.79. The maximum absolute atomic E-state index is 4.94. The lowest BCUT2D eigenvalue weighted by Crippen LogP contribution is -2.11. The van der Waals surface area contributed by atoms with Crippen molar-refractivity contribution >= 4 is 27.2 Å². The van der Waals surface area contributed by atoms with Gasteiger partial charge in [-0.15, -0.1) is 0 Å². The zero-order valence-corrected chi connectivity index (χ0v) is 14.6. The number of nitrogens with one attached hydrogen (secondary N) is 1. The molecule has 0 spiro atoms. The Balaban J connectivity index is 1.33. The standard InChI is InChI=1S/C19H19N5S/c1-2-4-16-12(3-1)9-24(22-16)18-11-23-10-17(21-19(23)25-18)13-5-14-7-20-8-15(14)6-13/h1-4,9-11,13-15,20H,5-8H2. The molecule has 6 heteroatoms. The molecule has 1 saturated heterocycles. The molecule has 1 aliphatic carbocycles. The average Bonchev–Trinajstić information content (AvgIpc) is 3.36. The van der Waals surface area contributed by atoms with Crippen molar-refractivity contribution < 1.29 is 0 Å². The van der Waals surface area contributed by atoms with Crippen molar-refractivity contribution in [2.75, 3.05) is 13.1 Å². The van der Waals surface area contributed by atoms with E-state index in [9.17, 15) is 0 Å². The first kappa shape index (κ1) is 14.0. The summed E-state index contributed by atoms with van der Waals surface area (Å²) in [5, 5.41) is 10.5. The van der Waals surface area contributed by atoms with Crippen LogP contribution in [0.2, 0.25) is 0 Å². The second kappa shape index (κ2) is 5.16. The fourth-order valence-corrected chi connectivity index (χ4v) is 5.49. The Kier molecular flexibility index (Phi) is 2.90. The van der Waals surface area contributed by atoms with E-state index >= 15 is 0 Å². The van der Waals surface area contributed by atoms with Gasteiger partial charge in [0.2, 0.25) is 0 Å². The van der Waals surface area contributed by atoms with Gasteiger partial charge < -0.3 is 5.32 Å². The second-order valence-corrected chi connectivity index (χ2v) is 8.39. The maximum atomic E-state index is 4.94. The number of fused-ring (bicyclic) bond motifs is 3. The number of hydrogen-bond acceptors (Lipinski definition) is 4. The minimum absolute atomic E-state index is 0.639. The van der Waals surface area contributed by atoms with Gasteiger partial charge in [0.1, 0.15) is 5.00 Å². The van der Waals surface area contributed by atoms with Crippen LogP contribution in [0, 0.1) is 11.8 Å². The fourth-order valence-electron chi connectivity index (χ4n) is 4.59. The quantitative estimate of drug-likeness (QED) is 0.603. The average molecular weight is 349 g/mol. The van der Waals surface area contributed by atoms with Crippen LogP contribution in [0.15, 0.2) is 42.9 Å². The van der Waals surface area contributed by atoms with Gasteiger partial charge in [0.25, 0.3) is 0 Å². The molecule has 4 heterocycles. The van der Waals surface area contributed by atoms with Gasteiger partial charge in [-0.25, -0.2) is 9.67 Å². The van der Waals surface area contributed by atoms with Crippen molar-refractivity contribution in [1.29, 1.82) is 0 Å². The van der Waals surface area contributed by atoms with Crippen LogP contribution in [-0.4, -0.2) is 32.3 Å². The van der Waals surface area contributed by atoms with Crippen LogP contribution in [0.1, 0.15) is 24.5 Å². The van der Waals surface area contributed by atoms with Crippen LogP contribution in [-0.2, 0) is 0 Å². The summed E-state index contributed by atoms with van der Waals surface area (Å²) in [7, 11) is 0. The summed E-state index contributed by atoms with van der Waals surface area (Å²) in [5.41, 5.74) is 2.30. The van der Waals surface area contributed by atoms with E-state index in [2.05, 4.69) is 45.5 Å². The minimum atomic E-state index is 0.639. The number of aromatic nitrogens is 4. The highest BCUT2D eigenvalue weighted by Gasteiger charge is 2.38. The van der Waals surface area contributed by atoms with E-state index in [1.807, 2.05) is 16.8 Å². The zero-order chi connectivity index (χ0) is 16.4. The van der Waals surface area contributed by atoms with Crippen LogP contribution >= 0.6 is 11.3 Å². The Labute approximate surface area is 149 Å². The van der Waals surface area contributed by atoms with Crippen molar-refractivity contribution in [1.82, 2.24) is 24.5 Å². The molecule has 2 fully saturated rings. The smallest absolute Gasteiger partial charge is 0.195 e. The molecule has 2 unspecified atom stereocenters. The molecule has 1 aromatic carbocycles. The summed E-state index contributed by atoms with van der Waals surface area (Å²) in [6, 6.07) is 8.23. The molecule has 1 saturated carbocycles. The molecule has 0 amide bonds. The normalized spacial score (nSPS) is 26.0. The largest absolute Gasteiger partial charge is 0.316 e. The topological polar surface area (TPSA) is 47.1 Å².